The highest BCUT2D eigenvalue weighted by molar-refractivity contribution is 5.84. The van der Waals surface area contributed by atoms with E-state index in [9.17, 15) is 4.79 Å². The molecule has 3 N–H and O–H groups in total. The van der Waals surface area contributed by atoms with Gasteiger partial charge in [0, 0.05) is 6.42 Å². The first-order chi connectivity index (χ1) is 9.28. The Morgan fingerprint density at radius 2 is 2.10 bits per heavy atom. The van der Waals surface area contributed by atoms with Crippen molar-refractivity contribution >= 4 is 5.91 Å². The molecule has 2 unspecified atom stereocenters. The average molecular weight is 278 g/mol. The Labute approximate surface area is 121 Å². The molecule has 0 bridgehead atoms. The third-order valence-corrected chi connectivity index (χ3v) is 3.48. The Kier molecular flexibility index (Phi) is 5.57. The van der Waals surface area contributed by atoms with E-state index in [-0.39, 0.29) is 12.0 Å². The van der Waals surface area contributed by atoms with E-state index in [1.165, 1.54) is 0 Å². The molecule has 2 atom stereocenters. The highest BCUT2D eigenvalue weighted by Gasteiger charge is 2.32. The summed E-state index contributed by atoms with van der Waals surface area (Å²) in [7, 11) is 0. The van der Waals surface area contributed by atoms with Crippen LogP contribution in [-0.4, -0.2) is 24.1 Å². The molecule has 0 radical (unpaired) electrons. The topological polar surface area (TPSA) is 64.3 Å². The summed E-state index contributed by atoms with van der Waals surface area (Å²) < 4.78 is 5.97. The molecule has 0 aromatic heterocycles. The standard InChI is InChI=1S/C16H26N2O2/c1-6-18-16(5,15(17)19)10-13(4)20-14-9-11(2)7-8-12(14)3/h7-9,13,18H,6,10H2,1-5H3,(H2,17,19). The average Bonchev–Trinajstić information content (AvgIpc) is 2.33. The van der Waals surface area contributed by atoms with Gasteiger partial charge in [0.05, 0.1) is 11.6 Å². The van der Waals surface area contributed by atoms with Crippen LogP contribution >= 0.6 is 0 Å². The van der Waals surface area contributed by atoms with Gasteiger partial charge in [-0.2, -0.15) is 0 Å². The summed E-state index contributed by atoms with van der Waals surface area (Å²) >= 11 is 0. The van der Waals surface area contributed by atoms with Crippen molar-refractivity contribution in [2.24, 2.45) is 5.73 Å². The molecular formula is C16H26N2O2. The largest absolute Gasteiger partial charge is 0.490 e. The maximum absolute atomic E-state index is 11.6. The number of nitrogens with one attached hydrogen (secondary N) is 1. The minimum absolute atomic E-state index is 0.105. The van der Waals surface area contributed by atoms with Crippen molar-refractivity contribution in [1.29, 1.82) is 0 Å². The summed E-state index contributed by atoms with van der Waals surface area (Å²) in [5.41, 5.74) is 7.00. The summed E-state index contributed by atoms with van der Waals surface area (Å²) in [6.07, 6.45) is 0.427. The molecule has 1 aromatic rings. The molecule has 0 aliphatic carbocycles. The van der Waals surface area contributed by atoms with Gasteiger partial charge in [-0.3, -0.25) is 4.79 Å². The molecule has 0 fully saturated rings. The maximum Gasteiger partial charge on any atom is 0.237 e. The lowest BCUT2D eigenvalue weighted by molar-refractivity contribution is -0.124. The molecule has 112 valence electrons. The second kappa shape index (κ2) is 6.75. The lowest BCUT2D eigenvalue weighted by Crippen LogP contribution is -2.55. The summed E-state index contributed by atoms with van der Waals surface area (Å²) in [6, 6.07) is 6.11. The molecule has 0 saturated heterocycles. The van der Waals surface area contributed by atoms with Gasteiger partial charge < -0.3 is 15.8 Å². The zero-order chi connectivity index (χ0) is 15.3. The van der Waals surface area contributed by atoms with Crippen LogP contribution in [-0.2, 0) is 4.79 Å². The molecule has 0 aliphatic rings. The minimum Gasteiger partial charge on any atom is -0.490 e. The van der Waals surface area contributed by atoms with Crippen molar-refractivity contribution in [2.75, 3.05) is 6.54 Å². The van der Waals surface area contributed by atoms with Crippen LogP contribution in [0, 0.1) is 13.8 Å². The van der Waals surface area contributed by atoms with E-state index < -0.39 is 5.54 Å². The molecule has 0 heterocycles. The zero-order valence-corrected chi connectivity index (χ0v) is 13.1. The quantitative estimate of drug-likeness (QED) is 0.804. The summed E-state index contributed by atoms with van der Waals surface area (Å²) in [4.78, 5) is 11.6. The van der Waals surface area contributed by atoms with E-state index in [2.05, 4.69) is 11.4 Å². The minimum atomic E-state index is -0.744. The van der Waals surface area contributed by atoms with E-state index in [1.54, 1.807) is 0 Å². The first-order valence-corrected chi connectivity index (χ1v) is 7.07. The van der Waals surface area contributed by atoms with Crippen LogP contribution in [0.3, 0.4) is 0 Å². The van der Waals surface area contributed by atoms with Gasteiger partial charge in [0.25, 0.3) is 0 Å². The number of amides is 1. The van der Waals surface area contributed by atoms with Crippen molar-refractivity contribution in [3.05, 3.63) is 29.3 Å². The van der Waals surface area contributed by atoms with Gasteiger partial charge >= 0.3 is 0 Å². The van der Waals surface area contributed by atoms with E-state index in [1.807, 2.05) is 46.8 Å². The highest BCUT2D eigenvalue weighted by atomic mass is 16.5. The maximum atomic E-state index is 11.6. The van der Waals surface area contributed by atoms with E-state index in [4.69, 9.17) is 10.5 Å². The van der Waals surface area contributed by atoms with Crippen LogP contribution in [0.5, 0.6) is 5.75 Å². The van der Waals surface area contributed by atoms with Crippen LogP contribution in [0.4, 0.5) is 0 Å². The Morgan fingerprint density at radius 3 is 2.65 bits per heavy atom. The Bertz CT molecular complexity index is 474. The second-order valence-electron chi connectivity index (χ2n) is 5.63. The smallest absolute Gasteiger partial charge is 0.237 e. The molecule has 20 heavy (non-hydrogen) atoms. The first-order valence-electron chi connectivity index (χ1n) is 7.07. The molecule has 4 nitrogen and oxygen atoms in total. The van der Waals surface area contributed by atoms with Crippen LogP contribution in [0.25, 0.3) is 0 Å². The number of hydrogen-bond donors (Lipinski definition) is 2. The third-order valence-electron chi connectivity index (χ3n) is 3.48. The number of hydrogen-bond acceptors (Lipinski definition) is 3. The Morgan fingerprint density at radius 1 is 1.45 bits per heavy atom. The first kappa shape index (κ1) is 16.5. The van der Waals surface area contributed by atoms with Gasteiger partial charge in [0.2, 0.25) is 5.91 Å². The Balaban J connectivity index is 2.78. The van der Waals surface area contributed by atoms with Crippen molar-refractivity contribution in [2.45, 2.75) is 52.7 Å². The monoisotopic (exact) mass is 278 g/mol. The van der Waals surface area contributed by atoms with Crippen molar-refractivity contribution in [1.82, 2.24) is 5.32 Å². The number of carbonyl (C=O) groups is 1. The number of likely N-dealkylation sites (N-methyl/N-ethyl adjacent to an activating group) is 1. The number of benzene rings is 1. The number of primary amides is 1. The molecule has 0 spiro atoms. The number of ether oxygens (including phenoxy) is 1. The fraction of sp³-hybridized carbons (Fsp3) is 0.562. The van der Waals surface area contributed by atoms with Gasteiger partial charge in [0.15, 0.2) is 0 Å². The van der Waals surface area contributed by atoms with Crippen LogP contribution < -0.4 is 15.8 Å². The van der Waals surface area contributed by atoms with E-state index in [0.29, 0.717) is 13.0 Å². The molecule has 1 rings (SSSR count). The van der Waals surface area contributed by atoms with Gasteiger partial charge in [-0.05, 0) is 51.4 Å². The van der Waals surface area contributed by atoms with Crippen LogP contribution in [0.2, 0.25) is 0 Å². The fourth-order valence-electron chi connectivity index (χ4n) is 2.32. The Hall–Kier alpha value is -1.55. The predicted octanol–water partition coefficient (Wildman–Crippen LogP) is 2.31. The van der Waals surface area contributed by atoms with Gasteiger partial charge in [0.1, 0.15) is 5.75 Å². The molecule has 0 saturated carbocycles. The van der Waals surface area contributed by atoms with Gasteiger partial charge in [-0.1, -0.05) is 19.1 Å². The lowest BCUT2D eigenvalue weighted by Gasteiger charge is -2.30. The van der Waals surface area contributed by atoms with Crippen LogP contribution in [0.15, 0.2) is 18.2 Å². The predicted molar refractivity (Wildman–Crippen MR) is 81.9 cm³/mol. The lowest BCUT2D eigenvalue weighted by atomic mass is 9.94. The van der Waals surface area contributed by atoms with Crippen molar-refractivity contribution in [3.63, 3.8) is 0 Å². The number of rotatable bonds is 7. The van der Waals surface area contributed by atoms with Gasteiger partial charge in [-0.15, -0.1) is 0 Å². The molecule has 0 aliphatic heterocycles. The van der Waals surface area contributed by atoms with E-state index >= 15 is 0 Å². The molecular weight excluding hydrogens is 252 g/mol. The third kappa shape index (κ3) is 4.23. The molecule has 1 aromatic carbocycles. The fourth-order valence-corrected chi connectivity index (χ4v) is 2.32. The zero-order valence-electron chi connectivity index (χ0n) is 13.1. The highest BCUT2D eigenvalue weighted by Crippen LogP contribution is 2.23. The van der Waals surface area contributed by atoms with Crippen molar-refractivity contribution in [3.8, 4) is 5.75 Å². The summed E-state index contributed by atoms with van der Waals surface area (Å²) in [6.45, 7) is 10.5. The molecule has 1 amide bonds. The second-order valence-corrected chi connectivity index (χ2v) is 5.63. The number of nitrogens with two attached hydrogens (primary N) is 1. The normalized spacial score (nSPS) is 15.4. The SMILES string of the molecule is CCNC(C)(CC(C)Oc1cc(C)ccc1C)C(N)=O. The van der Waals surface area contributed by atoms with Crippen LogP contribution in [0.1, 0.15) is 38.3 Å². The van der Waals surface area contributed by atoms with Crippen molar-refractivity contribution < 1.29 is 9.53 Å². The summed E-state index contributed by atoms with van der Waals surface area (Å²) in [5.74, 6) is 0.511. The van der Waals surface area contributed by atoms with Gasteiger partial charge in [-0.25, -0.2) is 0 Å². The molecule has 4 heteroatoms. The number of aryl methyl sites for hydroxylation is 2. The summed E-state index contributed by atoms with van der Waals surface area (Å²) in [5, 5.41) is 3.15. The van der Waals surface area contributed by atoms with E-state index in [0.717, 1.165) is 16.9 Å². The number of carbonyl (C=O) groups excluding carboxylic acids is 1.